The summed E-state index contributed by atoms with van der Waals surface area (Å²) < 4.78 is 0. The van der Waals surface area contributed by atoms with Crippen LogP contribution in [0.4, 0.5) is 0 Å². The van der Waals surface area contributed by atoms with Crippen molar-refractivity contribution in [1.82, 2.24) is 10.2 Å². The number of benzene rings is 2. The maximum absolute atomic E-state index is 13.7. The van der Waals surface area contributed by atoms with Crippen molar-refractivity contribution in [3.05, 3.63) is 70.2 Å². The number of carbonyl (C=O) groups is 2. The first-order valence-corrected chi connectivity index (χ1v) is 13.3. The van der Waals surface area contributed by atoms with E-state index in [9.17, 15) is 9.59 Å². The average molecular weight is 494 g/mol. The molecule has 5 nitrogen and oxygen atoms in total. The largest absolute Gasteiger partial charge is 0.352 e. The Morgan fingerprint density at radius 2 is 1.89 bits per heavy atom. The number of carbonyl (C=O) groups excluding carboxylic acids is 2. The maximum atomic E-state index is 13.7. The number of amides is 2. The summed E-state index contributed by atoms with van der Waals surface area (Å²) in [4.78, 5) is 33.0. The highest BCUT2D eigenvalue weighted by molar-refractivity contribution is 6.47. The van der Waals surface area contributed by atoms with E-state index in [4.69, 9.17) is 16.6 Å². The van der Waals surface area contributed by atoms with Gasteiger partial charge < -0.3 is 10.2 Å². The lowest BCUT2D eigenvalue weighted by atomic mass is 9.76. The second-order valence-corrected chi connectivity index (χ2v) is 10.6. The zero-order chi connectivity index (χ0) is 25.0. The number of hydrogen-bond acceptors (Lipinski definition) is 3. The minimum Gasteiger partial charge on any atom is -0.352 e. The first-order chi connectivity index (χ1) is 16.8. The van der Waals surface area contributed by atoms with Gasteiger partial charge >= 0.3 is 0 Å². The van der Waals surface area contributed by atoms with Crippen LogP contribution in [0.1, 0.15) is 74.4 Å². The fourth-order valence-electron chi connectivity index (χ4n) is 5.32. The molecule has 1 saturated carbocycles. The van der Waals surface area contributed by atoms with E-state index in [1.165, 1.54) is 0 Å². The van der Waals surface area contributed by atoms with Gasteiger partial charge in [-0.25, -0.2) is 0 Å². The van der Waals surface area contributed by atoms with Crippen molar-refractivity contribution in [2.24, 2.45) is 16.8 Å². The van der Waals surface area contributed by atoms with E-state index < -0.39 is 5.66 Å². The van der Waals surface area contributed by atoms with Crippen LogP contribution in [-0.2, 0) is 11.2 Å². The molecule has 0 bridgehead atoms. The fourth-order valence-corrected chi connectivity index (χ4v) is 5.51. The Kier molecular flexibility index (Phi) is 7.95. The molecule has 0 unspecified atom stereocenters. The van der Waals surface area contributed by atoms with Crippen LogP contribution < -0.4 is 5.32 Å². The van der Waals surface area contributed by atoms with Crippen molar-refractivity contribution in [3.8, 4) is 0 Å². The Labute approximate surface area is 214 Å². The number of nitrogens with one attached hydrogen (secondary N) is 1. The number of rotatable bonds is 8. The molecule has 2 aliphatic rings. The predicted octanol–water partition coefficient (Wildman–Crippen LogP) is 5.90. The smallest absolute Gasteiger partial charge is 0.274 e. The van der Waals surface area contributed by atoms with Crippen molar-refractivity contribution < 1.29 is 9.59 Å². The molecule has 0 saturated heterocycles. The molecule has 0 aromatic heterocycles. The number of nitrogens with zero attached hydrogens (tertiary/aromatic N) is 2. The Bertz CT molecular complexity index is 1090. The molecule has 2 aromatic carbocycles. The molecule has 1 heterocycles. The number of halogens is 1. The zero-order valence-electron chi connectivity index (χ0n) is 21.0. The summed E-state index contributed by atoms with van der Waals surface area (Å²) in [5.74, 6) is 1.26. The summed E-state index contributed by atoms with van der Waals surface area (Å²) in [7, 11) is 0. The molecule has 2 aromatic rings. The van der Waals surface area contributed by atoms with Crippen molar-refractivity contribution >= 4 is 29.1 Å². The molecule has 1 aliphatic heterocycles. The molecule has 4 rings (SSSR count). The van der Waals surface area contributed by atoms with Gasteiger partial charge in [-0.05, 0) is 80.2 Å². The summed E-state index contributed by atoms with van der Waals surface area (Å²) in [6, 6.07) is 15.1. The molecule has 186 valence electrons. The third-order valence-electron chi connectivity index (χ3n) is 7.52. The SMILES string of the molecule is CCCNC(=O)c1ccc(CCN2C(=O)C(c3cccc(Cl)c3)=NC23CCC(C(C)C)CC3)cc1. The summed E-state index contributed by atoms with van der Waals surface area (Å²) >= 11 is 6.23. The molecular weight excluding hydrogens is 458 g/mol. The van der Waals surface area contributed by atoms with Crippen molar-refractivity contribution in [2.75, 3.05) is 13.1 Å². The molecule has 6 heteroatoms. The monoisotopic (exact) mass is 493 g/mol. The predicted molar refractivity (Wildman–Crippen MR) is 142 cm³/mol. The van der Waals surface area contributed by atoms with Crippen LogP contribution >= 0.6 is 11.6 Å². The normalized spacial score (nSPS) is 22.1. The quantitative estimate of drug-likeness (QED) is 0.498. The number of hydrogen-bond donors (Lipinski definition) is 1. The van der Waals surface area contributed by atoms with Gasteiger partial charge in [-0.2, -0.15) is 0 Å². The van der Waals surface area contributed by atoms with Crippen molar-refractivity contribution in [3.63, 3.8) is 0 Å². The molecule has 1 fully saturated rings. The van der Waals surface area contributed by atoms with Crippen LogP contribution in [0.3, 0.4) is 0 Å². The van der Waals surface area contributed by atoms with Crippen LogP contribution in [-0.4, -0.2) is 41.2 Å². The van der Waals surface area contributed by atoms with Crippen LogP contribution in [0.15, 0.2) is 53.5 Å². The molecule has 1 aliphatic carbocycles. The van der Waals surface area contributed by atoms with Gasteiger partial charge in [0.2, 0.25) is 0 Å². The van der Waals surface area contributed by atoms with Crippen LogP contribution in [0.2, 0.25) is 5.02 Å². The van der Waals surface area contributed by atoms with Crippen LogP contribution in [0, 0.1) is 11.8 Å². The molecular formula is C29H36ClN3O2. The van der Waals surface area contributed by atoms with Gasteiger partial charge in [-0.1, -0.05) is 56.6 Å². The molecule has 0 radical (unpaired) electrons. The van der Waals surface area contributed by atoms with E-state index in [0.29, 0.717) is 41.2 Å². The lowest BCUT2D eigenvalue weighted by Crippen LogP contribution is -2.50. The fraction of sp³-hybridized carbons (Fsp3) is 0.483. The van der Waals surface area contributed by atoms with Crippen LogP contribution in [0.25, 0.3) is 0 Å². The lowest BCUT2D eigenvalue weighted by Gasteiger charge is -2.42. The second kappa shape index (κ2) is 10.9. The van der Waals surface area contributed by atoms with Crippen molar-refractivity contribution in [1.29, 1.82) is 0 Å². The summed E-state index contributed by atoms with van der Waals surface area (Å²) in [6.07, 6.45) is 5.57. The average Bonchev–Trinajstić information content (AvgIpc) is 3.12. The van der Waals surface area contributed by atoms with Crippen LogP contribution in [0.5, 0.6) is 0 Å². The highest BCUT2D eigenvalue weighted by Gasteiger charge is 2.48. The Balaban J connectivity index is 1.52. The van der Waals surface area contributed by atoms with Crippen molar-refractivity contribution in [2.45, 2.75) is 65.0 Å². The Hall–Kier alpha value is -2.66. The highest BCUT2D eigenvalue weighted by atomic mass is 35.5. The first-order valence-electron chi connectivity index (χ1n) is 12.9. The van der Waals surface area contributed by atoms with Gasteiger partial charge in [0.05, 0.1) is 0 Å². The minimum atomic E-state index is -0.472. The van der Waals surface area contributed by atoms with E-state index >= 15 is 0 Å². The molecule has 0 atom stereocenters. The van der Waals surface area contributed by atoms with Gasteiger partial charge in [0.25, 0.3) is 11.8 Å². The molecule has 35 heavy (non-hydrogen) atoms. The van der Waals surface area contributed by atoms with E-state index in [1.807, 2.05) is 60.4 Å². The van der Waals surface area contributed by atoms with Gasteiger partial charge in [0.15, 0.2) is 0 Å². The number of aliphatic imine (C=N–C) groups is 1. The topological polar surface area (TPSA) is 61.8 Å². The van der Waals surface area contributed by atoms with Gasteiger partial charge in [0, 0.05) is 29.2 Å². The Morgan fingerprint density at radius 3 is 2.51 bits per heavy atom. The Morgan fingerprint density at radius 1 is 1.17 bits per heavy atom. The molecule has 2 amide bonds. The highest BCUT2D eigenvalue weighted by Crippen LogP contribution is 2.43. The first kappa shape index (κ1) is 25.4. The van der Waals surface area contributed by atoms with Gasteiger partial charge in [0.1, 0.15) is 11.4 Å². The summed E-state index contributed by atoms with van der Waals surface area (Å²) in [5, 5.41) is 3.52. The minimum absolute atomic E-state index is 0.00849. The third-order valence-corrected chi connectivity index (χ3v) is 7.75. The standard InChI is InChI=1S/C29H36ClN3O2/c1-4-17-31-27(34)23-10-8-21(9-11-23)14-18-33-28(35)26(24-6-5-7-25(30)19-24)32-29(33)15-12-22(13-16-29)20(2)3/h5-11,19-20,22H,4,12-18H2,1-3H3,(H,31,34). The van der Waals surface area contributed by atoms with E-state index in [2.05, 4.69) is 19.2 Å². The third kappa shape index (κ3) is 5.61. The van der Waals surface area contributed by atoms with Gasteiger partial charge in [-0.15, -0.1) is 0 Å². The van der Waals surface area contributed by atoms with Gasteiger partial charge in [-0.3, -0.25) is 14.6 Å². The van der Waals surface area contributed by atoms with E-state index in [-0.39, 0.29) is 11.8 Å². The lowest BCUT2D eigenvalue weighted by molar-refractivity contribution is -0.129. The summed E-state index contributed by atoms with van der Waals surface area (Å²) in [5.41, 5.74) is 2.61. The maximum Gasteiger partial charge on any atom is 0.274 e. The molecule has 1 N–H and O–H groups in total. The van der Waals surface area contributed by atoms with E-state index in [0.717, 1.165) is 49.7 Å². The summed E-state index contributed by atoms with van der Waals surface area (Å²) in [6.45, 7) is 7.87. The molecule has 1 spiro atoms. The van der Waals surface area contributed by atoms with E-state index in [1.54, 1.807) is 0 Å². The second-order valence-electron chi connectivity index (χ2n) is 10.2. The zero-order valence-corrected chi connectivity index (χ0v) is 21.8.